The minimum Gasteiger partial charge on any atom is -0.381 e. The number of benzene rings is 2. The Morgan fingerprint density at radius 3 is 2.55 bits per heavy atom. The minimum atomic E-state index is -0.401. The van der Waals surface area contributed by atoms with Gasteiger partial charge >= 0.3 is 0 Å². The van der Waals surface area contributed by atoms with Gasteiger partial charge < -0.3 is 11.1 Å². The van der Waals surface area contributed by atoms with Crippen LogP contribution in [0, 0.1) is 0 Å². The molecule has 0 saturated heterocycles. The molecule has 1 fully saturated rings. The molecule has 2 aromatic rings. The molecule has 1 aliphatic rings. The summed E-state index contributed by atoms with van der Waals surface area (Å²) in [6, 6.07) is 16.0. The van der Waals surface area contributed by atoms with E-state index in [0.29, 0.717) is 5.56 Å². The molecule has 1 amide bonds. The highest BCUT2D eigenvalue weighted by molar-refractivity contribution is 5.93. The topological polar surface area (TPSA) is 55.1 Å². The van der Waals surface area contributed by atoms with E-state index in [2.05, 4.69) is 29.6 Å². The van der Waals surface area contributed by atoms with Crippen molar-refractivity contribution in [2.75, 3.05) is 5.32 Å². The highest BCUT2D eigenvalue weighted by Crippen LogP contribution is 2.39. The molecule has 0 heterocycles. The van der Waals surface area contributed by atoms with Crippen LogP contribution in [0.1, 0.15) is 40.2 Å². The van der Waals surface area contributed by atoms with Gasteiger partial charge in [0, 0.05) is 17.8 Å². The van der Waals surface area contributed by atoms with Gasteiger partial charge in [0.2, 0.25) is 5.91 Å². The van der Waals surface area contributed by atoms with Crippen LogP contribution in [0.15, 0.2) is 48.5 Å². The molecular weight excluding hydrogens is 248 g/mol. The second-order valence-corrected chi connectivity index (χ2v) is 5.31. The first-order valence-electron chi connectivity index (χ1n) is 6.95. The van der Waals surface area contributed by atoms with Gasteiger partial charge in [0.15, 0.2) is 0 Å². The third kappa shape index (κ3) is 2.99. The van der Waals surface area contributed by atoms with Crippen molar-refractivity contribution < 1.29 is 4.79 Å². The van der Waals surface area contributed by atoms with E-state index < -0.39 is 5.91 Å². The highest BCUT2D eigenvalue weighted by Gasteiger charge is 2.22. The van der Waals surface area contributed by atoms with E-state index in [1.165, 1.54) is 24.0 Å². The molecule has 0 unspecified atom stereocenters. The summed E-state index contributed by atoms with van der Waals surface area (Å²) in [6.07, 6.45) is 2.66. The number of hydrogen-bond donors (Lipinski definition) is 2. The summed E-state index contributed by atoms with van der Waals surface area (Å²) in [5, 5.41) is 3.31. The lowest BCUT2D eigenvalue weighted by molar-refractivity contribution is 0.100. The van der Waals surface area contributed by atoms with Gasteiger partial charge in [-0.1, -0.05) is 30.3 Å². The smallest absolute Gasteiger partial charge is 0.248 e. The maximum absolute atomic E-state index is 11.1. The third-order valence-electron chi connectivity index (χ3n) is 3.67. The van der Waals surface area contributed by atoms with Crippen LogP contribution < -0.4 is 11.1 Å². The quantitative estimate of drug-likeness (QED) is 0.872. The molecule has 0 atom stereocenters. The van der Waals surface area contributed by atoms with Crippen LogP contribution in [-0.2, 0) is 6.54 Å². The van der Waals surface area contributed by atoms with Gasteiger partial charge in [0.25, 0.3) is 0 Å². The number of nitrogens with two attached hydrogens (primary N) is 1. The summed E-state index contributed by atoms with van der Waals surface area (Å²) < 4.78 is 0. The Kier molecular flexibility index (Phi) is 3.42. The van der Waals surface area contributed by atoms with Crippen LogP contribution in [0.3, 0.4) is 0 Å². The Labute approximate surface area is 118 Å². The maximum Gasteiger partial charge on any atom is 0.248 e. The molecule has 1 aliphatic carbocycles. The summed E-state index contributed by atoms with van der Waals surface area (Å²) in [5.74, 6) is 0.395. The fourth-order valence-electron chi connectivity index (χ4n) is 2.31. The molecule has 102 valence electrons. The van der Waals surface area contributed by atoms with Gasteiger partial charge in [0.05, 0.1) is 0 Å². The Morgan fingerprint density at radius 2 is 1.90 bits per heavy atom. The van der Waals surface area contributed by atoms with Crippen molar-refractivity contribution in [2.24, 2.45) is 5.73 Å². The van der Waals surface area contributed by atoms with Crippen molar-refractivity contribution in [3.8, 4) is 0 Å². The first-order valence-corrected chi connectivity index (χ1v) is 6.95. The van der Waals surface area contributed by atoms with E-state index >= 15 is 0 Å². The van der Waals surface area contributed by atoms with Gasteiger partial charge in [-0.15, -0.1) is 0 Å². The molecule has 2 aromatic carbocycles. The van der Waals surface area contributed by atoms with Crippen molar-refractivity contribution in [3.63, 3.8) is 0 Å². The number of rotatable bonds is 5. The van der Waals surface area contributed by atoms with E-state index in [9.17, 15) is 4.79 Å². The van der Waals surface area contributed by atoms with Crippen molar-refractivity contribution >= 4 is 11.6 Å². The molecule has 0 aromatic heterocycles. The van der Waals surface area contributed by atoms with Gasteiger partial charge in [0.1, 0.15) is 0 Å². The second-order valence-electron chi connectivity index (χ2n) is 5.31. The van der Waals surface area contributed by atoms with Crippen LogP contribution in [0.25, 0.3) is 0 Å². The summed E-state index contributed by atoms with van der Waals surface area (Å²) in [5.41, 5.74) is 9.39. The number of hydrogen-bond acceptors (Lipinski definition) is 2. The van der Waals surface area contributed by atoms with E-state index in [-0.39, 0.29) is 0 Å². The molecule has 0 bridgehead atoms. The lowest BCUT2D eigenvalue weighted by atomic mass is 10.1. The summed E-state index contributed by atoms with van der Waals surface area (Å²) >= 11 is 0. The number of nitrogens with one attached hydrogen (secondary N) is 1. The molecule has 3 heteroatoms. The molecule has 0 radical (unpaired) electrons. The zero-order valence-corrected chi connectivity index (χ0v) is 11.3. The van der Waals surface area contributed by atoms with Crippen molar-refractivity contribution in [1.29, 1.82) is 0 Å². The molecule has 3 N–H and O–H groups in total. The van der Waals surface area contributed by atoms with Crippen molar-refractivity contribution in [1.82, 2.24) is 0 Å². The molecule has 0 aliphatic heterocycles. The monoisotopic (exact) mass is 266 g/mol. The fraction of sp³-hybridized carbons (Fsp3) is 0.235. The molecule has 0 spiro atoms. The first-order chi connectivity index (χ1) is 9.72. The van der Waals surface area contributed by atoms with Crippen LogP contribution in [-0.4, -0.2) is 5.91 Å². The average molecular weight is 266 g/mol. The fourth-order valence-corrected chi connectivity index (χ4v) is 2.31. The maximum atomic E-state index is 11.1. The third-order valence-corrected chi connectivity index (χ3v) is 3.67. The summed E-state index contributed by atoms with van der Waals surface area (Å²) in [7, 11) is 0. The lowest BCUT2D eigenvalue weighted by Crippen LogP contribution is -2.11. The number of carbonyl (C=O) groups is 1. The van der Waals surface area contributed by atoms with Gasteiger partial charge in [-0.05, 0) is 48.1 Å². The predicted molar refractivity (Wildman–Crippen MR) is 80.7 cm³/mol. The minimum absolute atomic E-state index is 0.401. The standard InChI is InChI=1S/C17H18N2O/c18-17(20)15-2-1-3-16(10-15)19-11-12-4-6-13(7-5-12)14-8-9-14/h1-7,10,14,19H,8-9,11H2,(H2,18,20). The van der Waals surface area contributed by atoms with Crippen LogP contribution in [0.5, 0.6) is 0 Å². The molecular formula is C17H18N2O. The summed E-state index contributed by atoms with van der Waals surface area (Å²) in [4.78, 5) is 11.1. The largest absolute Gasteiger partial charge is 0.381 e. The first kappa shape index (κ1) is 12.7. The molecule has 3 nitrogen and oxygen atoms in total. The average Bonchev–Trinajstić information content (AvgIpc) is 3.31. The zero-order chi connectivity index (χ0) is 13.9. The SMILES string of the molecule is NC(=O)c1cccc(NCc2ccc(C3CC3)cc2)c1. The number of anilines is 1. The van der Waals surface area contributed by atoms with Crippen LogP contribution in [0.4, 0.5) is 5.69 Å². The van der Waals surface area contributed by atoms with E-state index in [1.54, 1.807) is 12.1 Å². The van der Waals surface area contributed by atoms with Crippen molar-refractivity contribution in [2.45, 2.75) is 25.3 Å². The molecule has 1 saturated carbocycles. The van der Waals surface area contributed by atoms with Gasteiger partial charge in [-0.3, -0.25) is 4.79 Å². The second kappa shape index (κ2) is 5.37. The highest BCUT2D eigenvalue weighted by atomic mass is 16.1. The normalized spacial score (nSPS) is 14.0. The Bertz CT molecular complexity index is 615. The Hall–Kier alpha value is -2.29. The molecule has 3 rings (SSSR count). The van der Waals surface area contributed by atoms with E-state index in [0.717, 1.165) is 18.2 Å². The number of amides is 1. The van der Waals surface area contributed by atoms with Gasteiger partial charge in [-0.2, -0.15) is 0 Å². The number of carbonyl (C=O) groups excluding carboxylic acids is 1. The van der Waals surface area contributed by atoms with Crippen LogP contribution >= 0.6 is 0 Å². The predicted octanol–water partition coefficient (Wildman–Crippen LogP) is 3.28. The zero-order valence-electron chi connectivity index (χ0n) is 11.3. The van der Waals surface area contributed by atoms with Crippen LogP contribution in [0.2, 0.25) is 0 Å². The molecule has 20 heavy (non-hydrogen) atoms. The van der Waals surface area contributed by atoms with Crippen molar-refractivity contribution in [3.05, 3.63) is 65.2 Å². The lowest BCUT2D eigenvalue weighted by Gasteiger charge is -2.08. The Morgan fingerprint density at radius 1 is 1.15 bits per heavy atom. The van der Waals surface area contributed by atoms with E-state index in [1.807, 2.05) is 12.1 Å². The van der Waals surface area contributed by atoms with Gasteiger partial charge in [-0.25, -0.2) is 0 Å². The number of primary amides is 1. The van der Waals surface area contributed by atoms with E-state index in [4.69, 9.17) is 5.73 Å². The summed E-state index contributed by atoms with van der Waals surface area (Å²) in [6.45, 7) is 0.743. The Balaban J connectivity index is 1.63.